The fourth-order valence-corrected chi connectivity index (χ4v) is 6.82. The van der Waals surface area contributed by atoms with E-state index in [2.05, 4.69) is 0 Å². The molecule has 0 N–H and O–H groups in total. The Bertz CT molecular complexity index is 1890. The zero-order valence-corrected chi connectivity index (χ0v) is 22.0. The van der Waals surface area contributed by atoms with E-state index in [1.807, 2.05) is 61.5 Å². The largest absolute Gasteiger partial charge is 0.293 e. The monoisotopic (exact) mass is 538 g/mol. The molecule has 0 bridgehead atoms. The van der Waals surface area contributed by atoms with Gasteiger partial charge in [0.25, 0.3) is 21.2 Å². The second-order valence-electron chi connectivity index (χ2n) is 9.16. The van der Waals surface area contributed by atoms with Crippen LogP contribution in [0.25, 0.3) is 27.8 Å². The number of thioether (sulfide) groups is 1. The van der Waals surface area contributed by atoms with Crippen LogP contribution in [-0.2, 0) is 21.4 Å². The third-order valence-corrected chi connectivity index (χ3v) is 9.20. The summed E-state index contributed by atoms with van der Waals surface area (Å²) < 4.78 is 28.2. The zero-order chi connectivity index (χ0) is 26.4. The van der Waals surface area contributed by atoms with Gasteiger partial charge in [0, 0.05) is 17.1 Å². The van der Waals surface area contributed by atoms with Crippen molar-refractivity contribution < 1.29 is 18.0 Å². The first-order valence-electron chi connectivity index (χ1n) is 12.0. The Morgan fingerprint density at radius 3 is 2.34 bits per heavy atom. The number of benzene rings is 4. The van der Waals surface area contributed by atoms with Crippen LogP contribution in [0.3, 0.4) is 0 Å². The van der Waals surface area contributed by atoms with E-state index in [1.165, 1.54) is 15.1 Å². The highest BCUT2D eigenvalue weighted by Crippen LogP contribution is 2.36. The number of hydrogen-bond donors (Lipinski definition) is 0. The van der Waals surface area contributed by atoms with Crippen LogP contribution in [0.2, 0.25) is 0 Å². The first-order valence-corrected chi connectivity index (χ1v) is 14.2. The molecule has 38 heavy (non-hydrogen) atoms. The number of fused-ring (bicyclic) bond motifs is 2. The highest BCUT2D eigenvalue weighted by Gasteiger charge is 2.35. The van der Waals surface area contributed by atoms with Gasteiger partial charge in [0.1, 0.15) is 0 Å². The molecule has 0 saturated carbocycles. The Morgan fingerprint density at radius 1 is 0.842 bits per heavy atom. The molecule has 1 aliphatic heterocycles. The van der Waals surface area contributed by atoms with Crippen molar-refractivity contribution in [3.05, 3.63) is 119 Å². The molecular formula is C30H22N2O4S2. The van der Waals surface area contributed by atoms with Crippen LogP contribution in [0, 0.1) is 6.92 Å². The van der Waals surface area contributed by atoms with Gasteiger partial charge in [0.2, 0.25) is 0 Å². The van der Waals surface area contributed by atoms with E-state index in [-0.39, 0.29) is 21.6 Å². The number of carbonyl (C=O) groups is 2. The van der Waals surface area contributed by atoms with Crippen LogP contribution in [-0.4, -0.2) is 28.4 Å². The summed E-state index contributed by atoms with van der Waals surface area (Å²) in [6, 6.07) is 27.6. The molecule has 6 rings (SSSR count). The van der Waals surface area contributed by atoms with Gasteiger partial charge in [-0.2, -0.15) is 0 Å². The second kappa shape index (κ2) is 9.31. The van der Waals surface area contributed by atoms with Gasteiger partial charge < -0.3 is 0 Å². The van der Waals surface area contributed by atoms with E-state index in [0.717, 1.165) is 33.7 Å². The highest BCUT2D eigenvalue weighted by molar-refractivity contribution is 8.18. The first-order chi connectivity index (χ1) is 18.3. The number of aryl methyl sites for hydroxylation is 1. The van der Waals surface area contributed by atoms with Crippen LogP contribution in [0.15, 0.2) is 107 Å². The number of para-hydroxylation sites is 1. The van der Waals surface area contributed by atoms with Crippen molar-refractivity contribution >= 4 is 60.7 Å². The zero-order valence-electron chi connectivity index (χ0n) is 20.4. The Morgan fingerprint density at radius 2 is 1.55 bits per heavy atom. The minimum Gasteiger partial charge on any atom is -0.268 e. The van der Waals surface area contributed by atoms with Crippen LogP contribution in [0.1, 0.15) is 16.7 Å². The molecular weight excluding hydrogens is 516 g/mol. The number of imide groups is 1. The maximum atomic E-state index is 13.5. The lowest BCUT2D eigenvalue weighted by atomic mass is 10.1. The van der Waals surface area contributed by atoms with Crippen molar-refractivity contribution in [2.24, 2.45) is 0 Å². The molecule has 5 aromatic rings. The molecule has 1 fully saturated rings. The number of hydrogen-bond acceptors (Lipinski definition) is 5. The van der Waals surface area contributed by atoms with Gasteiger partial charge in [0.05, 0.1) is 21.9 Å². The third kappa shape index (κ3) is 4.21. The normalized spacial score (nSPS) is 15.3. The molecule has 2 amide bonds. The maximum Gasteiger partial charge on any atom is 0.293 e. The van der Waals surface area contributed by atoms with E-state index in [1.54, 1.807) is 42.5 Å². The van der Waals surface area contributed by atoms with Gasteiger partial charge in [-0.25, -0.2) is 12.4 Å². The number of aromatic nitrogens is 1. The fourth-order valence-electron chi connectivity index (χ4n) is 4.61. The van der Waals surface area contributed by atoms with Crippen molar-refractivity contribution in [3.63, 3.8) is 0 Å². The number of amides is 2. The van der Waals surface area contributed by atoms with Crippen molar-refractivity contribution in [3.8, 4) is 0 Å². The lowest BCUT2D eigenvalue weighted by molar-refractivity contribution is -0.123. The lowest BCUT2D eigenvalue weighted by Crippen LogP contribution is -2.27. The number of nitrogens with zero attached hydrogens (tertiary/aromatic N) is 2. The minimum atomic E-state index is -3.87. The molecule has 4 aromatic carbocycles. The number of carbonyl (C=O) groups excluding carboxylic acids is 2. The summed E-state index contributed by atoms with van der Waals surface area (Å²) >= 11 is 0.863. The Balaban J connectivity index is 1.35. The van der Waals surface area contributed by atoms with Gasteiger partial charge >= 0.3 is 0 Å². The van der Waals surface area contributed by atoms with Crippen LogP contribution >= 0.6 is 11.8 Å². The smallest absolute Gasteiger partial charge is 0.268 e. The molecule has 188 valence electrons. The molecule has 1 aliphatic rings. The summed E-state index contributed by atoms with van der Waals surface area (Å²) in [4.78, 5) is 27.7. The van der Waals surface area contributed by atoms with E-state index < -0.39 is 15.9 Å². The standard InChI is InChI=1S/C30H22N2O4S2/c1-20-10-14-25(15-11-20)38(35,36)32-19-24(26-8-4-5-9-27(26)32)17-28-29(33)31(30(34)37-28)18-21-12-13-22-6-2-3-7-23(22)16-21/h2-17,19H,18H2,1H3/b28-17-. The van der Waals surface area contributed by atoms with E-state index >= 15 is 0 Å². The molecule has 0 spiro atoms. The van der Waals surface area contributed by atoms with Crippen LogP contribution < -0.4 is 0 Å². The Hall–Kier alpha value is -4.14. The molecule has 0 radical (unpaired) electrons. The topological polar surface area (TPSA) is 76.5 Å². The summed E-state index contributed by atoms with van der Waals surface area (Å²) in [5, 5.41) is 2.44. The predicted molar refractivity (Wildman–Crippen MR) is 151 cm³/mol. The van der Waals surface area contributed by atoms with Gasteiger partial charge in [-0.15, -0.1) is 0 Å². The lowest BCUT2D eigenvalue weighted by Gasteiger charge is -2.13. The summed E-state index contributed by atoms with van der Waals surface area (Å²) in [6.45, 7) is 2.06. The molecule has 6 nitrogen and oxygen atoms in total. The van der Waals surface area contributed by atoms with Gasteiger partial charge in [-0.1, -0.05) is 72.3 Å². The molecule has 0 unspecified atom stereocenters. The van der Waals surface area contributed by atoms with E-state index in [9.17, 15) is 18.0 Å². The van der Waals surface area contributed by atoms with E-state index in [4.69, 9.17) is 0 Å². The predicted octanol–water partition coefficient (Wildman–Crippen LogP) is 6.58. The van der Waals surface area contributed by atoms with Gasteiger partial charge in [-0.3, -0.25) is 14.5 Å². The van der Waals surface area contributed by atoms with Crippen molar-refractivity contribution in [2.45, 2.75) is 18.4 Å². The summed E-state index contributed by atoms with van der Waals surface area (Å²) in [7, 11) is -3.87. The Labute approximate surface area is 224 Å². The Kier molecular flexibility index (Phi) is 5.93. The molecule has 1 saturated heterocycles. The fraction of sp³-hybridized carbons (Fsp3) is 0.0667. The average Bonchev–Trinajstić information content (AvgIpc) is 3.42. The van der Waals surface area contributed by atoms with Crippen molar-refractivity contribution in [1.82, 2.24) is 8.87 Å². The second-order valence-corrected chi connectivity index (χ2v) is 12.0. The van der Waals surface area contributed by atoms with Crippen molar-refractivity contribution in [2.75, 3.05) is 0 Å². The maximum absolute atomic E-state index is 13.5. The van der Waals surface area contributed by atoms with Crippen LogP contribution in [0.5, 0.6) is 0 Å². The summed E-state index contributed by atoms with van der Waals surface area (Å²) in [6.07, 6.45) is 3.12. The van der Waals surface area contributed by atoms with Crippen molar-refractivity contribution in [1.29, 1.82) is 0 Å². The van der Waals surface area contributed by atoms with Crippen LogP contribution in [0.4, 0.5) is 4.79 Å². The molecule has 8 heteroatoms. The van der Waals surface area contributed by atoms with E-state index in [0.29, 0.717) is 16.5 Å². The molecule has 1 aromatic heterocycles. The van der Waals surface area contributed by atoms with Gasteiger partial charge in [-0.05, 0) is 65.4 Å². The number of rotatable bonds is 5. The molecule has 0 aliphatic carbocycles. The highest BCUT2D eigenvalue weighted by atomic mass is 32.2. The third-order valence-electron chi connectivity index (χ3n) is 6.60. The summed E-state index contributed by atoms with van der Waals surface area (Å²) in [5.74, 6) is -0.397. The quantitative estimate of drug-likeness (QED) is 0.236. The molecule has 2 heterocycles. The minimum absolute atomic E-state index is 0.163. The molecule has 0 atom stereocenters. The SMILES string of the molecule is Cc1ccc(S(=O)(=O)n2cc(/C=C3\SC(=O)N(Cc4ccc5ccccc5c4)C3=O)c3ccccc32)cc1. The first kappa shape index (κ1) is 24.2. The summed E-state index contributed by atoms with van der Waals surface area (Å²) in [5.41, 5.74) is 2.86. The van der Waals surface area contributed by atoms with Gasteiger partial charge in [0.15, 0.2) is 0 Å². The average molecular weight is 539 g/mol.